The molecule has 40 heavy (non-hydrogen) atoms. The minimum atomic E-state index is -0.708. The number of H-pyrrole nitrogens is 1. The largest absolute Gasteiger partial charge is 0.435 e. The molecule has 7 rings (SSSR count). The summed E-state index contributed by atoms with van der Waals surface area (Å²) in [6.07, 6.45) is 7.54. The number of pyridine rings is 1. The van der Waals surface area contributed by atoms with Gasteiger partial charge in [-0.05, 0) is 56.9 Å². The summed E-state index contributed by atoms with van der Waals surface area (Å²) in [6.45, 7) is 5.86. The first-order chi connectivity index (χ1) is 19.3. The van der Waals surface area contributed by atoms with Gasteiger partial charge in [0.05, 0.1) is 46.8 Å². The second kappa shape index (κ2) is 9.16. The zero-order chi connectivity index (χ0) is 27.6. The number of amides is 1. The van der Waals surface area contributed by atoms with Crippen molar-refractivity contribution in [1.82, 2.24) is 29.5 Å². The molecule has 4 aromatic heterocycles. The number of piperidine rings is 1. The summed E-state index contributed by atoms with van der Waals surface area (Å²) in [5.74, 6) is -0.244. The van der Waals surface area contributed by atoms with Gasteiger partial charge < -0.3 is 24.3 Å². The van der Waals surface area contributed by atoms with Crippen LogP contribution in [0.25, 0.3) is 16.6 Å². The number of fused-ring (bicyclic) bond motifs is 3. The molecular weight excluding hydrogens is 513 g/mol. The van der Waals surface area contributed by atoms with E-state index in [9.17, 15) is 14.3 Å². The minimum absolute atomic E-state index is 0.0580. The van der Waals surface area contributed by atoms with Crippen molar-refractivity contribution in [2.45, 2.75) is 44.8 Å². The average Bonchev–Trinajstić information content (AvgIpc) is 3.70. The van der Waals surface area contributed by atoms with Gasteiger partial charge in [-0.3, -0.25) is 4.79 Å². The monoisotopic (exact) mass is 543 g/mol. The first-order valence-corrected chi connectivity index (χ1v) is 13.6. The highest BCUT2D eigenvalue weighted by molar-refractivity contribution is 6.01. The molecule has 1 atom stereocenters. The number of nitrogens with zero attached hydrogens (tertiary/aromatic N) is 6. The molecule has 6 heterocycles. The number of imidazole rings is 1. The number of anilines is 1. The van der Waals surface area contributed by atoms with E-state index in [-0.39, 0.29) is 23.3 Å². The number of benzene rings is 1. The highest BCUT2D eigenvalue weighted by Gasteiger charge is 2.39. The van der Waals surface area contributed by atoms with Gasteiger partial charge in [0.2, 0.25) is 5.89 Å². The number of aromatic nitrogens is 5. The first-order valence-electron chi connectivity index (χ1n) is 13.6. The van der Waals surface area contributed by atoms with Gasteiger partial charge in [0, 0.05) is 31.7 Å². The molecular formula is C29H30FN7O3. The fourth-order valence-electron chi connectivity index (χ4n) is 6.12. The number of nitrogens with one attached hydrogen (secondary N) is 1. The van der Waals surface area contributed by atoms with Crippen molar-refractivity contribution in [3.05, 3.63) is 77.7 Å². The molecule has 1 amide bonds. The third-order valence-corrected chi connectivity index (χ3v) is 8.39. The van der Waals surface area contributed by atoms with E-state index in [4.69, 9.17) is 4.42 Å². The fraction of sp³-hybridized carbons (Fsp3) is 0.379. The molecule has 1 aromatic carbocycles. The van der Waals surface area contributed by atoms with E-state index in [2.05, 4.69) is 25.0 Å². The predicted octanol–water partition coefficient (Wildman–Crippen LogP) is 4.11. The van der Waals surface area contributed by atoms with Crippen molar-refractivity contribution in [2.75, 3.05) is 24.5 Å². The summed E-state index contributed by atoms with van der Waals surface area (Å²) in [5.41, 5.74) is 3.47. The lowest BCUT2D eigenvalue weighted by molar-refractivity contribution is 0.00650. The Hall–Kier alpha value is -4.25. The zero-order valence-electron chi connectivity index (χ0n) is 22.3. The van der Waals surface area contributed by atoms with Crippen molar-refractivity contribution in [2.24, 2.45) is 5.92 Å². The van der Waals surface area contributed by atoms with Gasteiger partial charge in [-0.2, -0.15) is 5.10 Å². The summed E-state index contributed by atoms with van der Waals surface area (Å²) in [5, 5.41) is 14.9. The molecule has 2 N–H and O–H groups in total. The van der Waals surface area contributed by atoms with Crippen molar-refractivity contribution in [3.63, 3.8) is 0 Å². The van der Waals surface area contributed by atoms with Crippen LogP contribution in [0.5, 0.6) is 0 Å². The number of hydrogen-bond donors (Lipinski definition) is 2. The molecule has 0 spiro atoms. The molecule has 2 aliphatic rings. The Morgan fingerprint density at radius 2 is 2.00 bits per heavy atom. The molecule has 10 nitrogen and oxygen atoms in total. The third kappa shape index (κ3) is 4.03. The van der Waals surface area contributed by atoms with E-state index < -0.39 is 17.5 Å². The zero-order valence-corrected chi connectivity index (χ0v) is 22.3. The van der Waals surface area contributed by atoms with Gasteiger partial charge in [0.25, 0.3) is 5.91 Å². The van der Waals surface area contributed by atoms with Crippen molar-refractivity contribution < 1.29 is 18.7 Å². The highest BCUT2D eigenvalue weighted by atomic mass is 19.1. The van der Waals surface area contributed by atoms with E-state index in [1.165, 1.54) is 6.07 Å². The topological polar surface area (TPSA) is 116 Å². The van der Waals surface area contributed by atoms with Gasteiger partial charge in [-0.15, -0.1) is 0 Å². The Kier molecular flexibility index (Phi) is 5.67. The Morgan fingerprint density at radius 1 is 1.18 bits per heavy atom. The van der Waals surface area contributed by atoms with Crippen molar-refractivity contribution >= 4 is 28.2 Å². The van der Waals surface area contributed by atoms with Gasteiger partial charge in [0.1, 0.15) is 5.52 Å². The van der Waals surface area contributed by atoms with Crippen LogP contribution in [-0.2, 0) is 6.42 Å². The number of oxazole rings is 1. The lowest BCUT2D eigenvalue weighted by atomic mass is 9.83. The van der Waals surface area contributed by atoms with E-state index in [0.717, 1.165) is 37.3 Å². The highest BCUT2D eigenvalue weighted by Crippen LogP contribution is 2.37. The Morgan fingerprint density at radius 3 is 2.77 bits per heavy atom. The maximum absolute atomic E-state index is 14.4. The number of rotatable bonds is 4. The minimum Gasteiger partial charge on any atom is -0.435 e. The lowest BCUT2D eigenvalue weighted by Gasteiger charge is -2.38. The molecule has 206 valence electrons. The number of halogens is 1. The Bertz CT molecular complexity index is 1720. The maximum Gasteiger partial charge on any atom is 0.258 e. The molecule has 0 unspecified atom stereocenters. The fourth-order valence-corrected chi connectivity index (χ4v) is 6.12. The van der Waals surface area contributed by atoms with Crippen LogP contribution in [0.15, 0.2) is 53.5 Å². The normalized spacial score (nSPS) is 18.6. The van der Waals surface area contributed by atoms with E-state index in [1.807, 2.05) is 32.2 Å². The summed E-state index contributed by atoms with van der Waals surface area (Å²) in [4.78, 5) is 30.2. The Balaban J connectivity index is 1.20. The van der Waals surface area contributed by atoms with Crippen LogP contribution >= 0.6 is 0 Å². The number of aromatic amines is 1. The SMILES string of the molecule is CC(C)(O)C1CCN(c2ccc3c(C(=O)N4CCc5[nH]cnc5[C@H]4c4nc5cccc(F)c5o4)cnn3c2)CC1. The van der Waals surface area contributed by atoms with Crippen LogP contribution in [0.2, 0.25) is 0 Å². The van der Waals surface area contributed by atoms with Crippen LogP contribution in [0, 0.1) is 11.7 Å². The molecule has 2 aliphatic heterocycles. The van der Waals surface area contributed by atoms with Crippen molar-refractivity contribution in [1.29, 1.82) is 0 Å². The number of aliphatic hydroxyl groups is 1. The number of para-hydroxylation sites is 1. The molecule has 0 radical (unpaired) electrons. The lowest BCUT2D eigenvalue weighted by Crippen LogP contribution is -2.42. The molecule has 0 aliphatic carbocycles. The first kappa shape index (κ1) is 24.8. The van der Waals surface area contributed by atoms with E-state index in [1.54, 1.807) is 34.1 Å². The smallest absolute Gasteiger partial charge is 0.258 e. The molecule has 1 fully saturated rings. The van der Waals surface area contributed by atoms with Gasteiger partial charge in [-0.25, -0.2) is 18.9 Å². The summed E-state index contributed by atoms with van der Waals surface area (Å²) < 4.78 is 22.1. The maximum atomic E-state index is 14.4. The predicted molar refractivity (Wildman–Crippen MR) is 146 cm³/mol. The standard InChI is InChI=1S/C29H30FN7O3/c1-29(2,39)17-8-11-35(12-9-17)18-6-7-23-19(14-33-37(23)15-18)28(38)36-13-10-21-24(32-16-31-21)25(36)27-34-22-5-3-4-20(30)26(22)40-27/h3-7,14-17,25,39H,8-13H2,1-2H3,(H,31,32)/t25-/m0/s1. The molecule has 11 heteroatoms. The average molecular weight is 544 g/mol. The van der Waals surface area contributed by atoms with Crippen LogP contribution in [0.3, 0.4) is 0 Å². The van der Waals surface area contributed by atoms with E-state index >= 15 is 0 Å². The van der Waals surface area contributed by atoms with Crippen LogP contribution < -0.4 is 4.90 Å². The quantitative estimate of drug-likeness (QED) is 0.350. The third-order valence-electron chi connectivity index (χ3n) is 8.39. The van der Waals surface area contributed by atoms with Gasteiger partial charge in [0.15, 0.2) is 17.4 Å². The van der Waals surface area contributed by atoms with E-state index in [0.29, 0.717) is 35.3 Å². The summed E-state index contributed by atoms with van der Waals surface area (Å²) >= 11 is 0. The number of carbonyl (C=O) groups excluding carboxylic acids is 1. The summed E-state index contributed by atoms with van der Waals surface area (Å²) in [7, 11) is 0. The summed E-state index contributed by atoms with van der Waals surface area (Å²) in [6, 6.07) is 7.82. The molecule has 0 bridgehead atoms. The van der Waals surface area contributed by atoms with Crippen LogP contribution in [0.1, 0.15) is 60.4 Å². The molecule has 1 saturated heterocycles. The second-order valence-electron chi connectivity index (χ2n) is 11.2. The Labute approximate surface area is 229 Å². The number of carbonyl (C=O) groups is 1. The second-order valence-corrected chi connectivity index (χ2v) is 11.2. The van der Waals surface area contributed by atoms with Crippen LogP contribution in [0.4, 0.5) is 10.1 Å². The van der Waals surface area contributed by atoms with Crippen LogP contribution in [-0.4, -0.2) is 65.7 Å². The van der Waals surface area contributed by atoms with Gasteiger partial charge >= 0.3 is 0 Å². The molecule has 5 aromatic rings. The van der Waals surface area contributed by atoms with Gasteiger partial charge in [-0.1, -0.05) is 6.07 Å². The molecule has 0 saturated carbocycles. The number of hydrogen-bond acceptors (Lipinski definition) is 7. The van der Waals surface area contributed by atoms with Crippen molar-refractivity contribution in [3.8, 4) is 0 Å².